The van der Waals surface area contributed by atoms with Crippen LogP contribution >= 0.6 is 43.6 Å². The number of benzene rings is 2. The van der Waals surface area contributed by atoms with E-state index in [-0.39, 0.29) is 11.7 Å². The molecule has 9 heteroatoms. The van der Waals surface area contributed by atoms with Gasteiger partial charge in [0.15, 0.2) is 5.17 Å². The van der Waals surface area contributed by atoms with Crippen molar-refractivity contribution in [3.05, 3.63) is 61.4 Å². The molecular formula is C19H14Br2N2O4S. The Hall–Kier alpha value is -2.10. The van der Waals surface area contributed by atoms with Gasteiger partial charge in [-0.3, -0.25) is 9.69 Å². The zero-order chi connectivity index (χ0) is 20.4. The number of phenolic OH excluding ortho intramolecular Hbond substituents is 1. The molecule has 0 atom stereocenters. The van der Waals surface area contributed by atoms with Crippen LogP contribution in [0.4, 0.5) is 5.69 Å². The van der Waals surface area contributed by atoms with E-state index in [1.54, 1.807) is 49.5 Å². The average molecular weight is 526 g/mol. The number of methoxy groups -OCH3 is 1. The molecule has 1 amide bonds. The Morgan fingerprint density at radius 3 is 2.57 bits per heavy atom. The molecule has 2 aromatic rings. The summed E-state index contributed by atoms with van der Waals surface area (Å²) >= 11 is 7.86. The van der Waals surface area contributed by atoms with Crippen molar-refractivity contribution >= 4 is 72.4 Å². The number of aromatic hydroxyl groups is 1. The lowest BCUT2D eigenvalue weighted by Gasteiger charge is -2.07. The van der Waals surface area contributed by atoms with E-state index >= 15 is 0 Å². The van der Waals surface area contributed by atoms with Crippen LogP contribution in [0.3, 0.4) is 0 Å². The Labute approximate surface area is 182 Å². The van der Waals surface area contributed by atoms with Crippen LogP contribution in [-0.2, 0) is 9.53 Å². The molecule has 28 heavy (non-hydrogen) atoms. The fraction of sp³-hybridized carbons (Fsp3) is 0.105. The molecule has 144 valence electrons. The van der Waals surface area contributed by atoms with Gasteiger partial charge in [-0.2, -0.15) is 0 Å². The van der Waals surface area contributed by atoms with Gasteiger partial charge in [-0.15, -0.1) is 0 Å². The number of esters is 1. The van der Waals surface area contributed by atoms with Gasteiger partial charge in [-0.05, 0) is 70.2 Å². The molecule has 1 aliphatic heterocycles. The van der Waals surface area contributed by atoms with Gasteiger partial charge >= 0.3 is 5.97 Å². The third-order valence-corrected chi connectivity index (χ3v) is 5.98. The van der Waals surface area contributed by atoms with Crippen LogP contribution in [0.2, 0.25) is 0 Å². The first-order valence-electron chi connectivity index (χ1n) is 7.93. The predicted octanol–water partition coefficient (Wildman–Crippen LogP) is 4.94. The Morgan fingerprint density at radius 1 is 1.25 bits per heavy atom. The Bertz CT molecular complexity index is 1020. The summed E-state index contributed by atoms with van der Waals surface area (Å²) in [4.78, 5) is 30.4. The quantitative estimate of drug-likeness (QED) is 0.453. The Kier molecular flexibility index (Phi) is 6.26. The van der Waals surface area contributed by atoms with Gasteiger partial charge in [0.25, 0.3) is 5.91 Å². The molecule has 2 aromatic carbocycles. The molecule has 1 saturated heterocycles. The van der Waals surface area contributed by atoms with Crippen molar-refractivity contribution in [1.82, 2.24) is 4.90 Å². The summed E-state index contributed by atoms with van der Waals surface area (Å²) in [6.45, 7) is 0. The molecule has 0 aliphatic carbocycles. The summed E-state index contributed by atoms with van der Waals surface area (Å²) in [6, 6.07) is 10.0. The molecular weight excluding hydrogens is 512 g/mol. The average Bonchev–Trinajstić information content (AvgIpc) is 2.93. The number of likely N-dealkylation sites (N-methyl/N-ethyl adjacent to an activating group) is 1. The van der Waals surface area contributed by atoms with Crippen LogP contribution in [0.1, 0.15) is 15.9 Å². The zero-order valence-electron chi connectivity index (χ0n) is 14.8. The lowest BCUT2D eigenvalue weighted by Crippen LogP contribution is -2.23. The fourth-order valence-electron chi connectivity index (χ4n) is 2.39. The smallest absolute Gasteiger partial charge is 0.337 e. The predicted molar refractivity (Wildman–Crippen MR) is 117 cm³/mol. The van der Waals surface area contributed by atoms with Gasteiger partial charge < -0.3 is 9.84 Å². The van der Waals surface area contributed by atoms with E-state index in [1.165, 1.54) is 23.8 Å². The first-order chi connectivity index (χ1) is 13.3. The largest absolute Gasteiger partial charge is 0.506 e. The minimum absolute atomic E-state index is 0.0514. The number of ether oxygens (including phenoxy) is 1. The number of rotatable bonds is 3. The number of thioether (sulfide) groups is 1. The summed E-state index contributed by atoms with van der Waals surface area (Å²) in [7, 11) is 2.95. The fourth-order valence-corrected chi connectivity index (χ4v) is 4.63. The maximum atomic E-state index is 12.6. The molecule has 1 aliphatic rings. The van der Waals surface area contributed by atoms with Gasteiger partial charge in [0.2, 0.25) is 0 Å². The summed E-state index contributed by atoms with van der Waals surface area (Å²) in [6.07, 6.45) is 1.62. The first-order valence-corrected chi connectivity index (χ1v) is 10.3. The Balaban J connectivity index is 1.89. The third-order valence-electron chi connectivity index (χ3n) is 3.86. The van der Waals surface area contributed by atoms with Gasteiger partial charge in [0.1, 0.15) is 5.75 Å². The molecule has 0 saturated carbocycles. The lowest BCUT2D eigenvalue weighted by atomic mass is 10.2. The number of amidine groups is 1. The number of carbonyl (C=O) groups excluding carboxylic acids is 2. The number of hydrogen-bond acceptors (Lipinski definition) is 6. The second-order valence-corrected chi connectivity index (χ2v) is 8.51. The molecule has 0 unspecified atom stereocenters. The first kappa shape index (κ1) is 20.6. The van der Waals surface area contributed by atoms with E-state index in [1.807, 2.05) is 0 Å². The SMILES string of the molecule is COC(=O)c1ccc(N=C2S/C(=C\c3cc(Br)cc(Br)c3O)C(=O)N2C)cc1. The molecule has 1 heterocycles. The number of nitrogens with zero attached hydrogens (tertiary/aromatic N) is 2. The molecule has 0 aromatic heterocycles. The number of aliphatic imine (C=N–C) groups is 1. The van der Waals surface area contributed by atoms with E-state index < -0.39 is 5.97 Å². The van der Waals surface area contributed by atoms with Gasteiger partial charge in [-0.25, -0.2) is 9.79 Å². The maximum Gasteiger partial charge on any atom is 0.337 e. The molecule has 0 spiro atoms. The third kappa shape index (κ3) is 4.31. The summed E-state index contributed by atoms with van der Waals surface area (Å²) in [5.74, 6) is -0.590. The van der Waals surface area contributed by atoms with Gasteiger partial charge in [-0.1, -0.05) is 15.9 Å². The Morgan fingerprint density at radius 2 is 1.93 bits per heavy atom. The topological polar surface area (TPSA) is 79.2 Å². The standard InChI is InChI=1S/C19H14Br2N2O4S/c1-23-17(25)15(8-11-7-12(20)9-14(21)16(11)24)28-19(23)22-13-5-3-10(4-6-13)18(26)27-2/h3-9,24H,1-2H3/b15-8-,22-19?. The maximum absolute atomic E-state index is 12.6. The number of phenols is 1. The molecule has 0 radical (unpaired) electrons. The van der Waals surface area contributed by atoms with Crippen LogP contribution in [0.5, 0.6) is 5.75 Å². The number of halogens is 2. The highest BCUT2D eigenvalue weighted by atomic mass is 79.9. The van der Waals surface area contributed by atoms with Crippen LogP contribution in [0.25, 0.3) is 6.08 Å². The highest BCUT2D eigenvalue weighted by Crippen LogP contribution is 2.37. The second-order valence-electron chi connectivity index (χ2n) is 5.73. The number of amides is 1. The van der Waals surface area contributed by atoms with Crippen molar-refractivity contribution in [2.24, 2.45) is 4.99 Å². The minimum Gasteiger partial charge on any atom is -0.506 e. The molecule has 1 N–H and O–H groups in total. The van der Waals surface area contributed by atoms with Crippen molar-refractivity contribution < 1.29 is 19.4 Å². The van der Waals surface area contributed by atoms with Crippen molar-refractivity contribution in [1.29, 1.82) is 0 Å². The van der Waals surface area contributed by atoms with Crippen LogP contribution in [-0.4, -0.2) is 41.2 Å². The van der Waals surface area contributed by atoms with Crippen LogP contribution < -0.4 is 0 Å². The molecule has 6 nitrogen and oxygen atoms in total. The summed E-state index contributed by atoms with van der Waals surface area (Å²) < 4.78 is 5.97. The normalized spacial score (nSPS) is 16.9. The monoisotopic (exact) mass is 524 g/mol. The number of carbonyl (C=O) groups is 2. The van der Waals surface area contributed by atoms with Crippen molar-refractivity contribution in [2.75, 3.05) is 14.2 Å². The lowest BCUT2D eigenvalue weighted by molar-refractivity contribution is -0.121. The summed E-state index contributed by atoms with van der Waals surface area (Å²) in [5.41, 5.74) is 1.53. The molecule has 0 bridgehead atoms. The second kappa shape index (κ2) is 8.50. The van der Waals surface area contributed by atoms with Crippen molar-refractivity contribution in [3.63, 3.8) is 0 Å². The minimum atomic E-state index is -0.424. The van der Waals surface area contributed by atoms with E-state index in [0.717, 1.165) is 4.47 Å². The highest BCUT2D eigenvalue weighted by Gasteiger charge is 2.30. The number of hydrogen-bond donors (Lipinski definition) is 1. The molecule has 3 rings (SSSR count). The van der Waals surface area contributed by atoms with Crippen LogP contribution in [0.15, 0.2) is 55.2 Å². The van der Waals surface area contributed by atoms with Crippen LogP contribution in [0, 0.1) is 0 Å². The zero-order valence-corrected chi connectivity index (χ0v) is 18.8. The highest BCUT2D eigenvalue weighted by molar-refractivity contribution is 9.11. The van der Waals surface area contributed by atoms with E-state index in [4.69, 9.17) is 0 Å². The van der Waals surface area contributed by atoms with E-state index in [0.29, 0.717) is 31.4 Å². The van der Waals surface area contributed by atoms with E-state index in [9.17, 15) is 14.7 Å². The summed E-state index contributed by atoms with van der Waals surface area (Å²) in [5, 5.41) is 10.7. The van der Waals surface area contributed by atoms with Crippen molar-refractivity contribution in [3.8, 4) is 5.75 Å². The molecule has 1 fully saturated rings. The van der Waals surface area contributed by atoms with Gasteiger partial charge in [0.05, 0.1) is 27.7 Å². The van der Waals surface area contributed by atoms with E-state index in [2.05, 4.69) is 41.6 Å². The van der Waals surface area contributed by atoms with Gasteiger partial charge in [0, 0.05) is 17.1 Å². The van der Waals surface area contributed by atoms with Crippen molar-refractivity contribution in [2.45, 2.75) is 0 Å².